The van der Waals surface area contributed by atoms with Crippen molar-refractivity contribution in [3.05, 3.63) is 17.5 Å². The first-order valence-electron chi connectivity index (χ1n) is 6.72. The Morgan fingerprint density at radius 2 is 2.28 bits per heavy atom. The molecule has 0 atom stereocenters. The second-order valence-corrected chi connectivity index (χ2v) is 4.92. The number of nitrogens with zero attached hydrogens (tertiary/aromatic N) is 2. The van der Waals surface area contributed by atoms with Crippen molar-refractivity contribution in [1.82, 2.24) is 20.4 Å². The molecular weight excluding hydrogens is 228 g/mol. The average Bonchev–Trinajstić information content (AvgIpc) is 2.78. The zero-order valence-electron chi connectivity index (χ0n) is 11.2. The lowest BCUT2D eigenvalue weighted by Gasteiger charge is -2.22. The lowest BCUT2D eigenvalue weighted by Crippen LogP contribution is -2.36. The Bertz CT molecular complexity index is 407. The van der Waals surface area contributed by atoms with Crippen LogP contribution in [-0.4, -0.2) is 35.3 Å². The molecule has 2 rings (SSSR count). The van der Waals surface area contributed by atoms with Crippen LogP contribution in [0.4, 0.5) is 0 Å². The lowest BCUT2D eigenvalue weighted by molar-refractivity contribution is 0.0943. The summed E-state index contributed by atoms with van der Waals surface area (Å²) in [5, 5.41) is 10.7. The number of nitrogens with one attached hydrogen (secondary N) is 2. The molecule has 1 amide bonds. The molecule has 5 heteroatoms. The average molecular weight is 250 g/mol. The maximum Gasteiger partial charge on any atom is 0.254 e. The maximum absolute atomic E-state index is 12.1. The third kappa shape index (κ3) is 3.10. The Morgan fingerprint density at radius 3 is 2.94 bits per heavy atom. The molecule has 0 radical (unpaired) electrons. The van der Waals surface area contributed by atoms with Crippen molar-refractivity contribution < 1.29 is 4.79 Å². The minimum Gasteiger partial charge on any atom is -0.352 e. The highest BCUT2D eigenvalue weighted by atomic mass is 16.1. The minimum atomic E-state index is 0.0125. The molecule has 0 saturated carbocycles. The summed E-state index contributed by atoms with van der Waals surface area (Å²) in [6.07, 6.45) is 4.88. The number of carbonyl (C=O) groups excluding carboxylic acids is 1. The van der Waals surface area contributed by atoms with Crippen molar-refractivity contribution in [2.75, 3.05) is 19.6 Å². The highest BCUT2D eigenvalue weighted by Gasteiger charge is 2.17. The topological polar surface area (TPSA) is 59.0 Å². The molecule has 5 nitrogen and oxygen atoms in total. The Kier molecular flexibility index (Phi) is 4.36. The van der Waals surface area contributed by atoms with Crippen LogP contribution in [0.3, 0.4) is 0 Å². The van der Waals surface area contributed by atoms with Crippen molar-refractivity contribution in [3.8, 4) is 0 Å². The largest absolute Gasteiger partial charge is 0.352 e. The van der Waals surface area contributed by atoms with E-state index in [2.05, 4.69) is 15.7 Å². The van der Waals surface area contributed by atoms with Gasteiger partial charge in [0.1, 0.15) is 0 Å². The van der Waals surface area contributed by atoms with Gasteiger partial charge in [-0.1, -0.05) is 6.92 Å². The van der Waals surface area contributed by atoms with E-state index in [1.807, 2.05) is 14.0 Å². The van der Waals surface area contributed by atoms with Crippen LogP contribution in [0.25, 0.3) is 0 Å². The summed E-state index contributed by atoms with van der Waals surface area (Å²) >= 11 is 0. The summed E-state index contributed by atoms with van der Waals surface area (Å²) in [6.45, 7) is 4.92. The molecule has 0 unspecified atom stereocenters. The van der Waals surface area contributed by atoms with Crippen LogP contribution in [0.2, 0.25) is 0 Å². The van der Waals surface area contributed by atoms with Gasteiger partial charge in [0.25, 0.3) is 5.91 Å². The van der Waals surface area contributed by atoms with Gasteiger partial charge in [-0.25, -0.2) is 0 Å². The zero-order valence-corrected chi connectivity index (χ0v) is 11.2. The third-order valence-electron chi connectivity index (χ3n) is 3.49. The summed E-state index contributed by atoms with van der Waals surface area (Å²) in [7, 11) is 1.85. The molecule has 0 bridgehead atoms. The number of hydrogen-bond acceptors (Lipinski definition) is 3. The summed E-state index contributed by atoms with van der Waals surface area (Å²) in [5.74, 6) is 0.621. The van der Waals surface area contributed by atoms with E-state index in [1.165, 1.54) is 0 Å². The van der Waals surface area contributed by atoms with Crippen LogP contribution in [0.15, 0.2) is 6.20 Å². The van der Waals surface area contributed by atoms with E-state index >= 15 is 0 Å². The molecule has 100 valence electrons. The number of piperidine rings is 1. The Labute approximate surface area is 108 Å². The number of aromatic nitrogens is 2. The van der Waals surface area contributed by atoms with Gasteiger partial charge >= 0.3 is 0 Å². The molecule has 2 heterocycles. The predicted molar refractivity (Wildman–Crippen MR) is 70.5 cm³/mol. The first kappa shape index (κ1) is 13.1. The van der Waals surface area contributed by atoms with Gasteiger partial charge in [-0.05, 0) is 38.3 Å². The van der Waals surface area contributed by atoms with E-state index < -0.39 is 0 Å². The smallest absolute Gasteiger partial charge is 0.254 e. The van der Waals surface area contributed by atoms with Gasteiger partial charge in [0.2, 0.25) is 0 Å². The van der Waals surface area contributed by atoms with E-state index in [1.54, 1.807) is 10.9 Å². The Balaban J connectivity index is 1.90. The Morgan fingerprint density at radius 1 is 1.56 bits per heavy atom. The van der Waals surface area contributed by atoms with E-state index in [0.717, 1.165) is 44.6 Å². The second-order valence-electron chi connectivity index (χ2n) is 4.92. The normalized spacial score (nSPS) is 16.8. The molecular formula is C13H22N4O. The van der Waals surface area contributed by atoms with Crippen molar-refractivity contribution in [2.24, 2.45) is 13.0 Å². The van der Waals surface area contributed by atoms with Gasteiger partial charge in [-0.2, -0.15) is 5.10 Å². The van der Waals surface area contributed by atoms with Crippen LogP contribution in [0.1, 0.15) is 35.8 Å². The van der Waals surface area contributed by atoms with Crippen molar-refractivity contribution in [1.29, 1.82) is 0 Å². The number of carbonyl (C=O) groups is 1. The monoisotopic (exact) mass is 250 g/mol. The zero-order chi connectivity index (χ0) is 13.0. The van der Waals surface area contributed by atoms with E-state index in [4.69, 9.17) is 0 Å². The van der Waals surface area contributed by atoms with E-state index in [9.17, 15) is 4.79 Å². The van der Waals surface area contributed by atoms with Crippen LogP contribution < -0.4 is 10.6 Å². The molecule has 1 aliphatic heterocycles. The van der Waals surface area contributed by atoms with Crippen LogP contribution in [-0.2, 0) is 13.5 Å². The summed E-state index contributed by atoms with van der Waals surface area (Å²) in [5.41, 5.74) is 1.59. The number of hydrogen-bond donors (Lipinski definition) is 2. The predicted octanol–water partition coefficient (Wildman–Crippen LogP) is 0.712. The van der Waals surface area contributed by atoms with Crippen molar-refractivity contribution in [3.63, 3.8) is 0 Å². The van der Waals surface area contributed by atoms with Gasteiger partial charge in [-0.15, -0.1) is 0 Å². The molecule has 2 N–H and O–H groups in total. The lowest BCUT2D eigenvalue weighted by atomic mass is 9.98. The molecule has 0 aliphatic carbocycles. The van der Waals surface area contributed by atoms with Crippen molar-refractivity contribution >= 4 is 5.91 Å². The fourth-order valence-electron chi connectivity index (χ4n) is 2.40. The van der Waals surface area contributed by atoms with Gasteiger partial charge in [-0.3, -0.25) is 9.48 Å². The van der Waals surface area contributed by atoms with E-state index in [0.29, 0.717) is 11.5 Å². The van der Waals surface area contributed by atoms with Gasteiger partial charge in [0.05, 0.1) is 11.3 Å². The van der Waals surface area contributed by atoms with Crippen LogP contribution in [0, 0.1) is 5.92 Å². The SMILES string of the molecule is CCc1nn(C)cc1C(=O)NCC1CCNCC1. The van der Waals surface area contributed by atoms with Gasteiger partial charge in [0, 0.05) is 19.8 Å². The van der Waals surface area contributed by atoms with Crippen LogP contribution >= 0.6 is 0 Å². The fourth-order valence-corrected chi connectivity index (χ4v) is 2.40. The molecule has 0 spiro atoms. The third-order valence-corrected chi connectivity index (χ3v) is 3.49. The molecule has 1 saturated heterocycles. The fraction of sp³-hybridized carbons (Fsp3) is 0.692. The first-order valence-corrected chi connectivity index (χ1v) is 6.72. The summed E-state index contributed by atoms with van der Waals surface area (Å²) in [4.78, 5) is 12.1. The molecule has 1 aliphatic rings. The molecule has 1 fully saturated rings. The quantitative estimate of drug-likeness (QED) is 0.827. The molecule has 1 aromatic rings. The summed E-state index contributed by atoms with van der Waals surface area (Å²) in [6, 6.07) is 0. The number of amides is 1. The number of aryl methyl sites for hydroxylation is 2. The first-order chi connectivity index (χ1) is 8.70. The van der Waals surface area contributed by atoms with Crippen molar-refractivity contribution in [2.45, 2.75) is 26.2 Å². The summed E-state index contributed by atoms with van der Waals surface area (Å²) < 4.78 is 1.71. The molecule has 18 heavy (non-hydrogen) atoms. The van der Waals surface area contributed by atoms with Gasteiger partial charge < -0.3 is 10.6 Å². The standard InChI is InChI=1S/C13H22N4O/c1-3-12-11(9-17(2)16-12)13(18)15-8-10-4-6-14-7-5-10/h9-10,14H,3-8H2,1-2H3,(H,15,18). The van der Waals surface area contributed by atoms with E-state index in [-0.39, 0.29) is 5.91 Å². The number of rotatable bonds is 4. The Hall–Kier alpha value is -1.36. The highest BCUT2D eigenvalue weighted by Crippen LogP contribution is 2.11. The maximum atomic E-state index is 12.1. The second kappa shape index (κ2) is 6.00. The molecule has 1 aromatic heterocycles. The van der Waals surface area contributed by atoms with Crippen LogP contribution in [0.5, 0.6) is 0 Å². The highest BCUT2D eigenvalue weighted by molar-refractivity contribution is 5.95. The minimum absolute atomic E-state index is 0.0125. The molecule has 0 aromatic carbocycles. The van der Waals surface area contributed by atoms with Gasteiger partial charge in [0.15, 0.2) is 0 Å².